The highest BCUT2D eigenvalue weighted by Crippen LogP contribution is 2.14. The highest BCUT2D eigenvalue weighted by Gasteiger charge is 2.02. The molecule has 0 bridgehead atoms. The van der Waals surface area contributed by atoms with E-state index in [1.807, 2.05) is 7.05 Å². The summed E-state index contributed by atoms with van der Waals surface area (Å²) in [6.45, 7) is 5.49. The molecular formula is C14H24N2. The lowest BCUT2D eigenvalue weighted by Crippen LogP contribution is -2.24. The van der Waals surface area contributed by atoms with Crippen LogP contribution in [0.2, 0.25) is 0 Å². The quantitative estimate of drug-likeness (QED) is 0.793. The molecule has 1 aromatic carbocycles. The summed E-state index contributed by atoms with van der Waals surface area (Å²) in [4.78, 5) is 2.33. The molecule has 1 aromatic rings. The van der Waals surface area contributed by atoms with Gasteiger partial charge >= 0.3 is 0 Å². The SMILES string of the molecule is CNC(C)CCCN(C)c1cccc(C)c1. The van der Waals surface area contributed by atoms with Gasteiger partial charge in [-0.15, -0.1) is 0 Å². The Morgan fingerprint density at radius 2 is 2.12 bits per heavy atom. The molecule has 0 aliphatic carbocycles. The first-order chi connectivity index (χ1) is 7.63. The lowest BCUT2D eigenvalue weighted by atomic mass is 10.1. The molecular weight excluding hydrogens is 196 g/mol. The first-order valence-corrected chi connectivity index (χ1v) is 6.08. The van der Waals surface area contributed by atoms with Gasteiger partial charge in [0.1, 0.15) is 0 Å². The summed E-state index contributed by atoms with van der Waals surface area (Å²) >= 11 is 0. The fourth-order valence-electron chi connectivity index (χ4n) is 1.77. The van der Waals surface area contributed by atoms with Gasteiger partial charge < -0.3 is 10.2 Å². The van der Waals surface area contributed by atoms with E-state index in [1.54, 1.807) is 0 Å². The van der Waals surface area contributed by atoms with Gasteiger partial charge in [-0.05, 0) is 51.4 Å². The number of benzene rings is 1. The second kappa shape index (κ2) is 6.54. The van der Waals surface area contributed by atoms with Crippen molar-refractivity contribution < 1.29 is 0 Å². The van der Waals surface area contributed by atoms with Crippen molar-refractivity contribution >= 4 is 5.69 Å². The Hall–Kier alpha value is -1.02. The van der Waals surface area contributed by atoms with E-state index in [1.165, 1.54) is 24.1 Å². The maximum Gasteiger partial charge on any atom is 0.0366 e. The number of nitrogens with zero attached hydrogens (tertiary/aromatic N) is 1. The average Bonchev–Trinajstić information content (AvgIpc) is 2.28. The second-order valence-corrected chi connectivity index (χ2v) is 4.59. The van der Waals surface area contributed by atoms with Gasteiger partial charge in [-0.3, -0.25) is 0 Å². The molecule has 0 fully saturated rings. The highest BCUT2D eigenvalue weighted by atomic mass is 15.1. The molecule has 0 aliphatic rings. The largest absolute Gasteiger partial charge is 0.375 e. The molecule has 0 spiro atoms. The zero-order chi connectivity index (χ0) is 12.0. The lowest BCUT2D eigenvalue weighted by Gasteiger charge is -2.20. The van der Waals surface area contributed by atoms with Crippen LogP contribution in [0.3, 0.4) is 0 Å². The number of nitrogens with one attached hydrogen (secondary N) is 1. The smallest absolute Gasteiger partial charge is 0.0366 e. The zero-order valence-corrected chi connectivity index (χ0v) is 11.0. The Labute approximate surface area is 99.7 Å². The minimum Gasteiger partial charge on any atom is -0.375 e. The number of anilines is 1. The third-order valence-electron chi connectivity index (χ3n) is 3.07. The van der Waals surface area contributed by atoms with Crippen LogP contribution in [0.1, 0.15) is 25.3 Å². The van der Waals surface area contributed by atoms with Gasteiger partial charge in [0, 0.05) is 25.3 Å². The van der Waals surface area contributed by atoms with Crippen LogP contribution in [0, 0.1) is 6.92 Å². The van der Waals surface area contributed by atoms with Crippen molar-refractivity contribution in [2.24, 2.45) is 0 Å². The van der Waals surface area contributed by atoms with Gasteiger partial charge in [-0.25, -0.2) is 0 Å². The average molecular weight is 220 g/mol. The van der Waals surface area contributed by atoms with Crippen molar-refractivity contribution in [1.82, 2.24) is 5.32 Å². The van der Waals surface area contributed by atoms with Crippen molar-refractivity contribution in [3.63, 3.8) is 0 Å². The second-order valence-electron chi connectivity index (χ2n) is 4.59. The van der Waals surface area contributed by atoms with Crippen molar-refractivity contribution in [2.75, 3.05) is 25.5 Å². The molecule has 1 unspecified atom stereocenters. The monoisotopic (exact) mass is 220 g/mol. The molecule has 1 rings (SSSR count). The molecule has 0 aromatic heterocycles. The van der Waals surface area contributed by atoms with E-state index in [2.05, 4.69) is 55.4 Å². The van der Waals surface area contributed by atoms with Crippen molar-refractivity contribution in [2.45, 2.75) is 32.7 Å². The molecule has 0 radical (unpaired) electrons. The Morgan fingerprint density at radius 3 is 2.75 bits per heavy atom. The summed E-state index contributed by atoms with van der Waals surface area (Å²) in [5.41, 5.74) is 2.64. The van der Waals surface area contributed by atoms with E-state index >= 15 is 0 Å². The summed E-state index contributed by atoms with van der Waals surface area (Å²) in [5, 5.41) is 3.27. The topological polar surface area (TPSA) is 15.3 Å². The minimum absolute atomic E-state index is 0.617. The molecule has 16 heavy (non-hydrogen) atoms. The van der Waals surface area contributed by atoms with E-state index in [-0.39, 0.29) is 0 Å². The maximum atomic E-state index is 3.27. The van der Waals surface area contributed by atoms with Crippen LogP contribution in [-0.4, -0.2) is 26.7 Å². The van der Waals surface area contributed by atoms with E-state index in [0.29, 0.717) is 6.04 Å². The molecule has 90 valence electrons. The third kappa shape index (κ3) is 4.23. The Kier molecular flexibility index (Phi) is 5.33. The van der Waals surface area contributed by atoms with Gasteiger partial charge in [0.15, 0.2) is 0 Å². The number of aryl methyl sites for hydroxylation is 1. The predicted molar refractivity (Wildman–Crippen MR) is 72.2 cm³/mol. The Morgan fingerprint density at radius 1 is 1.38 bits per heavy atom. The van der Waals surface area contributed by atoms with E-state index < -0.39 is 0 Å². The summed E-state index contributed by atoms with van der Waals surface area (Å²) in [7, 11) is 4.19. The molecule has 0 saturated carbocycles. The van der Waals surface area contributed by atoms with Crippen molar-refractivity contribution in [3.8, 4) is 0 Å². The van der Waals surface area contributed by atoms with Crippen LogP contribution in [0.25, 0.3) is 0 Å². The van der Waals surface area contributed by atoms with Crippen LogP contribution in [-0.2, 0) is 0 Å². The summed E-state index contributed by atoms with van der Waals surface area (Å²) in [5.74, 6) is 0. The molecule has 0 saturated heterocycles. The number of rotatable bonds is 6. The minimum atomic E-state index is 0.617. The van der Waals surface area contributed by atoms with Crippen LogP contribution in [0.5, 0.6) is 0 Å². The first-order valence-electron chi connectivity index (χ1n) is 6.08. The van der Waals surface area contributed by atoms with Gasteiger partial charge in [-0.2, -0.15) is 0 Å². The fraction of sp³-hybridized carbons (Fsp3) is 0.571. The van der Waals surface area contributed by atoms with Crippen LogP contribution >= 0.6 is 0 Å². The van der Waals surface area contributed by atoms with E-state index in [4.69, 9.17) is 0 Å². The van der Waals surface area contributed by atoms with Crippen LogP contribution < -0.4 is 10.2 Å². The molecule has 2 heteroatoms. The summed E-state index contributed by atoms with van der Waals surface area (Å²) in [6, 6.07) is 9.29. The maximum absolute atomic E-state index is 3.27. The van der Waals surface area contributed by atoms with E-state index in [9.17, 15) is 0 Å². The van der Waals surface area contributed by atoms with Crippen LogP contribution in [0.15, 0.2) is 24.3 Å². The Balaban J connectivity index is 2.38. The summed E-state index contributed by atoms with van der Waals surface area (Å²) in [6.07, 6.45) is 2.46. The predicted octanol–water partition coefficient (Wildman–Crippen LogP) is 2.82. The van der Waals surface area contributed by atoms with E-state index in [0.717, 1.165) is 6.54 Å². The number of hydrogen-bond acceptors (Lipinski definition) is 2. The molecule has 1 atom stereocenters. The fourth-order valence-corrected chi connectivity index (χ4v) is 1.77. The molecule has 0 amide bonds. The third-order valence-corrected chi connectivity index (χ3v) is 3.07. The zero-order valence-electron chi connectivity index (χ0n) is 11.0. The normalized spacial score (nSPS) is 12.5. The first kappa shape index (κ1) is 13.0. The molecule has 0 heterocycles. The lowest BCUT2D eigenvalue weighted by molar-refractivity contribution is 0.542. The molecule has 0 aliphatic heterocycles. The van der Waals surface area contributed by atoms with Crippen LogP contribution in [0.4, 0.5) is 5.69 Å². The highest BCUT2D eigenvalue weighted by molar-refractivity contribution is 5.47. The van der Waals surface area contributed by atoms with Gasteiger partial charge in [0.2, 0.25) is 0 Å². The van der Waals surface area contributed by atoms with Gasteiger partial charge in [0.05, 0.1) is 0 Å². The molecule has 1 N–H and O–H groups in total. The van der Waals surface area contributed by atoms with Gasteiger partial charge in [-0.1, -0.05) is 12.1 Å². The van der Waals surface area contributed by atoms with Gasteiger partial charge in [0.25, 0.3) is 0 Å². The van der Waals surface area contributed by atoms with Crippen molar-refractivity contribution in [1.29, 1.82) is 0 Å². The standard InChI is InChI=1S/C14H24N2/c1-12-7-5-9-14(11-12)16(4)10-6-8-13(2)15-3/h5,7,9,11,13,15H,6,8,10H2,1-4H3. The number of hydrogen-bond donors (Lipinski definition) is 1. The Bertz CT molecular complexity index is 309. The summed E-state index contributed by atoms with van der Waals surface area (Å²) < 4.78 is 0. The van der Waals surface area contributed by atoms with Crippen molar-refractivity contribution in [3.05, 3.63) is 29.8 Å². The molecule has 2 nitrogen and oxygen atoms in total.